The molecule has 1 fully saturated rings. The first-order valence-electron chi connectivity index (χ1n) is 7.73. The monoisotopic (exact) mass is 318 g/mol. The molecule has 2 heterocycles. The lowest BCUT2D eigenvalue weighted by Gasteiger charge is -2.23. The number of hydrogen-bond acceptors (Lipinski definition) is 3. The zero-order valence-corrected chi connectivity index (χ0v) is 14.2. The van der Waals surface area contributed by atoms with E-state index in [2.05, 4.69) is 42.1 Å². The number of halogens is 1. The second kappa shape index (κ2) is 6.41. The van der Waals surface area contributed by atoms with Gasteiger partial charge in [0.15, 0.2) is 0 Å². The number of likely N-dealkylation sites (N-methyl/N-ethyl adjacent to an activating group) is 2. The van der Waals surface area contributed by atoms with Gasteiger partial charge in [0.2, 0.25) is 0 Å². The van der Waals surface area contributed by atoms with Gasteiger partial charge in [-0.1, -0.05) is 17.7 Å². The second-order valence-electron chi connectivity index (χ2n) is 6.37. The molecule has 2 atom stereocenters. The highest BCUT2D eigenvalue weighted by atomic mass is 35.5. The van der Waals surface area contributed by atoms with Crippen molar-refractivity contribution in [3.63, 3.8) is 0 Å². The Bertz CT molecular complexity index is 629. The van der Waals surface area contributed by atoms with E-state index in [1.54, 1.807) is 0 Å². The lowest BCUT2D eigenvalue weighted by molar-refractivity contribution is 0.233. The third kappa shape index (κ3) is 3.35. The van der Waals surface area contributed by atoms with E-state index in [4.69, 9.17) is 11.6 Å². The first-order chi connectivity index (χ1) is 10.5. The van der Waals surface area contributed by atoms with Gasteiger partial charge in [0.1, 0.15) is 0 Å². The third-order valence-corrected chi connectivity index (χ3v) is 4.86. The predicted octanol–water partition coefficient (Wildman–Crippen LogP) is 3.05. The lowest BCUT2D eigenvalue weighted by atomic mass is 10.1. The van der Waals surface area contributed by atoms with Crippen LogP contribution in [0.25, 0.3) is 5.69 Å². The van der Waals surface area contributed by atoms with E-state index in [9.17, 15) is 0 Å². The number of benzene rings is 1. The molecule has 5 heteroatoms. The molecule has 0 aliphatic carbocycles. The van der Waals surface area contributed by atoms with Crippen LogP contribution in [0.2, 0.25) is 5.02 Å². The van der Waals surface area contributed by atoms with Gasteiger partial charge in [-0.2, -0.15) is 5.10 Å². The SMILES string of the molecule is C[C@H]1C[C@H](N(C)Cc2cnn(-c3cccc(Cl)c3)c2)CN1C. The van der Waals surface area contributed by atoms with Gasteiger partial charge in [-0.05, 0) is 45.6 Å². The Morgan fingerprint density at radius 2 is 2.23 bits per heavy atom. The van der Waals surface area contributed by atoms with Gasteiger partial charge in [-0.3, -0.25) is 4.90 Å². The fourth-order valence-corrected chi connectivity index (χ4v) is 3.28. The molecule has 4 nitrogen and oxygen atoms in total. The Labute approximate surface area is 137 Å². The van der Waals surface area contributed by atoms with Gasteiger partial charge in [0, 0.05) is 42.0 Å². The van der Waals surface area contributed by atoms with Gasteiger partial charge in [0.25, 0.3) is 0 Å². The minimum absolute atomic E-state index is 0.620. The van der Waals surface area contributed by atoms with E-state index in [0.29, 0.717) is 12.1 Å². The Hall–Kier alpha value is -1.36. The first-order valence-corrected chi connectivity index (χ1v) is 8.10. The topological polar surface area (TPSA) is 24.3 Å². The Balaban J connectivity index is 1.67. The highest BCUT2D eigenvalue weighted by Gasteiger charge is 2.28. The summed E-state index contributed by atoms with van der Waals surface area (Å²) in [6, 6.07) is 9.05. The van der Waals surface area contributed by atoms with Gasteiger partial charge < -0.3 is 4.90 Å². The molecule has 0 N–H and O–H groups in total. The van der Waals surface area contributed by atoms with Gasteiger partial charge in [0.05, 0.1) is 11.9 Å². The number of rotatable bonds is 4. The molecule has 0 radical (unpaired) electrons. The van der Waals surface area contributed by atoms with Gasteiger partial charge in [-0.25, -0.2) is 4.68 Å². The van der Waals surface area contributed by atoms with Crippen LogP contribution in [0.3, 0.4) is 0 Å². The van der Waals surface area contributed by atoms with Gasteiger partial charge >= 0.3 is 0 Å². The summed E-state index contributed by atoms with van der Waals surface area (Å²) in [6.07, 6.45) is 5.26. The highest BCUT2D eigenvalue weighted by Crippen LogP contribution is 2.21. The summed E-state index contributed by atoms with van der Waals surface area (Å²) in [7, 11) is 4.41. The maximum Gasteiger partial charge on any atom is 0.0660 e. The average molecular weight is 319 g/mol. The maximum absolute atomic E-state index is 6.05. The molecule has 0 bridgehead atoms. The lowest BCUT2D eigenvalue weighted by Crippen LogP contribution is -2.33. The summed E-state index contributed by atoms with van der Waals surface area (Å²) in [5.41, 5.74) is 2.22. The van der Waals surface area contributed by atoms with E-state index in [0.717, 1.165) is 23.8 Å². The molecule has 1 saturated heterocycles. The summed E-state index contributed by atoms with van der Waals surface area (Å²) in [5, 5.41) is 5.19. The van der Waals surface area contributed by atoms with E-state index < -0.39 is 0 Å². The summed E-state index contributed by atoms with van der Waals surface area (Å²) >= 11 is 6.05. The van der Waals surface area contributed by atoms with Crippen molar-refractivity contribution < 1.29 is 0 Å². The molecule has 0 unspecified atom stereocenters. The predicted molar refractivity (Wildman–Crippen MR) is 90.5 cm³/mol. The third-order valence-electron chi connectivity index (χ3n) is 4.63. The molecular weight excluding hydrogens is 296 g/mol. The van der Waals surface area contributed by atoms with E-state index in [-0.39, 0.29) is 0 Å². The molecule has 118 valence electrons. The summed E-state index contributed by atoms with van der Waals surface area (Å²) in [4.78, 5) is 4.86. The number of hydrogen-bond donors (Lipinski definition) is 0. The molecule has 1 aromatic carbocycles. The molecule has 1 aromatic heterocycles. The fourth-order valence-electron chi connectivity index (χ4n) is 3.10. The molecule has 22 heavy (non-hydrogen) atoms. The molecule has 3 rings (SSSR count). The van der Waals surface area contributed by atoms with Crippen LogP contribution in [0.1, 0.15) is 18.9 Å². The van der Waals surface area contributed by atoms with Crippen molar-refractivity contribution >= 4 is 11.6 Å². The van der Waals surface area contributed by atoms with Crippen LogP contribution in [0.4, 0.5) is 0 Å². The normalized spacial score (nSPS) is 22.6. The number of nitrogens with zero attached hydrogens (tertiary/aromatic N) is 4. The molecule has 1 aliphatic heterocycles. The highest BCUT2D eigenvalue weighted by molar-refractivity contribution is 6.30. The smallest absolute Gasteiger partial charge is 0.0660 e. The quantitative estimate of drug-likeness (QED) is 0.866. The molecular formula is C17H23ClN4. The minimum Gasteiger partial charge on any atom is -0.302 e. The number of aromatic nitrogens is 2. The Kier molecular flexibility index (Phi) is 4.52. The minimum atomic E-state index is 0.620. The van der Waals surface area contributed by atoms with Crippen molar-refractivity contribution in [2.45, 2.75) is 32.0 Å². The largest absolute Gasteiger partial charge is 0.302 e. The maximum atomic E-state index is 6.05. The Morgan fingerprint density at radius 3 is 2.91 bits per heavy atom. The summed E-state index contributed by atoms with van der Waals surface area (Å²) in [5.74, 6) is 0. The summed E-state index contributed by atoms with van der Waals surface area (Å²) < 4.78 is 1.89. The van der Waals surface area contributed by atoms with Crippen LogP contribution in [-0.2, 0) is 6.54 Å². The molecule has 0 amide bonds. The van der Waals surface area contributed by atoms with E-state index in [1.165, 1.54) is 12.0 Å². The van der Waals surface area contributed by atoms with Crippen LogP contribution in [0.15, 0.2) is 36.7 Å². The van der Waals surface area contributed by atoms with Crippen molar-refractivity contribution in [3.8, 4) is 5.69 Å². The van der Waals surface area contributed by atoms with Crippen LogP contribution in [-0.4, -0.2) is 52.3 Å². The fraction of sp³-hybridized carbons (Fsp3) is 0.471. The van der Waals surface area contributed by atoms with E-state index in [1.807, 2.05) is 35.1 Å². The van der Waals surface area contributed by atoms with Crippen LogP contribution in [0.5, 0.6) is 0 Å². The number of likely N-dealkylation sites (tertiary alicyclic amines) is 1. The van der Waals surface area contributed by atoms with Crippen molar-refractivity contribution in [2.24, 2.45) is 0 Å². The molecule has 2 aromatic rings. The van der Waals surface area contributed by atoms with Crippen LogP contribution < -0.4 is 0 Å². The molecule has 0 saturated carbocycles. The molecule has 1 aliphatic rings. The first kappa shape index (κ1) is 15.5. The average Bonchev–Trinajstić information content (AvgIpc) is 3.07. The zero-order chi connectivity index (χ0) is 15.7. The van der Waals surface area contributed by atoms with Crippen molar-refractivity contribution in [1.29, 1.82) is 0 Å². The molecule has 0 spiro atoms. The summed E-state index contributed by atoms with van der Waals surface area (Å²) in [6.45, 7) is 4.36. The Morgan fingerprint density at radius 1 is 1.41 bits per heavy atom. The van der Waals surface area contributed by atoms with Crippen LogP contribution in [0, 0.1) is 0 Å². The van der Waals surface area contributed by atoms with E-state index >= 15 is 0 Å². The second-order valence-corrected chi connectivity index (χ2v) is 6.80. The van der Waals surface area contributed by atoms with Crippen molar-refractivity contribution in [2.75, 3.05) is 20.6 Å². The zero-order valence-electron chi connectivity index (χ0n) is 13.4. The van der Waals surface area contributed by atoms with Crippen molar-refractivity contribution in [1.82, 2.24) is 19.6 Å². The standard InChI is InChI=1S/C17H23ClN4/c1-13-7-17(12-20(13)2)21(3)10-14-9-19-22(11-14)16-6-4-5-15(18)8-16/h4-6,8-9,11,13,17H,7,10,12H2,1-3H3/t13-,17-/m0/s1. The van der Waals surface area contributed by atoms with Crippen LogP contribution >= 0.6 is 11.6 Å². The van der Waals surface area contributed by atoms with Gasteiger partial charge in [-0.15, -0.1) is 0 Å². The van der Waals surface area contributed by atoms with Crippen molar-refractivity contribution in [3.05, 3.63) is 47.2 Å².